The highest BCUT2D eigenvalue weighted by molar-refractivity contribution is 8.93. The van der Waals surface area contributed by atoms with Crippen molar-refractivity contribution in [3.63, 3.8) is 0 Å². The lowest BCUT2D eigenvalue weighted by atomic mass is 10.1. The fourth-order valence-electron chi connectivity index (χ4n) is 2.95. The van der Waals surface area contributed by atoms with Crippen LogP contribution in [-0.4, -0.2) is 35.2 Å². The molecular weight excluding hydrogens is 316 g/mol. The highest BCUT2D eigenvalue weighted by atomic mass is 79.9. The Morgan fingerprint density at radius 1 is 1.15 bits per heavy atom. The second-order valence-electron chi connectivity index (χ2n) is 5.44. The molecule has 4 heteroatoms. The van der Waals surface area contributed by atoms with Crippen LogP contribution in [-0.2, 0) is 11.3 Å². The molecule has 0 radical (unpaired) electrons. The number of aromatic nitrogens is 1. The van der Waals surface area contributed by atoms with E-state index in [2.05, 4.69) is 48.0 Å². The molecular formula is C16H21BrN2O. The first-order valence-electron chi connectivity index (χ1n) is 6.93. The summed E-state index contributed by atoms with van der Waals surface area (Å²) in [7, 11) is 0. The Morgan fingerprint density at radius 2 is 1.85 bits per heavy atom. The maximum Gasteiger partial charge on any atom is 0.0746 e. The zero-order valence-electron chi connectivity index (χ0n) is 12.0. The Balaban J connectivity index is 0.00000147. The van der Waals surface area contributed by atoms with Crippen LogP contribution in [0.4, 0.5) is 0 Å². The van der Waals surface area contributed by atoms with Crippen molar-refractivity contribution in [3.8, 4) is 0 Å². The van der Waals surface area contributed by atoms with Crippen molar-refractivity contribution >= 4 is 27.9 Å². The molecule has 0 spiro atoms. The molecule has 108 valence electrons. The predicted molar refractivity (Wildman–Crippen MR) is 87.4 cm³/mol. The largest absolute Gasteiger partial charge is 0.373 e. The van der Waals surface area contributed by atoms with Gasteiger partial charge in [0.2, 0.25) is 0 Å². The third-order valence-corrected chi connectivity index (χ3v) is 3.61. The van der Waals surface area contributed by atoms with Crippen molar-refractivity contribution in [1.29, 1.82) is 0 Å². The average Bonchev–Trinajstić information content (AvgIpc) is 2.38. The van der Waals surface area contributed by atoms with Gasteiger partial charge in [0, 0.05) is 31.2 Å². The van der Waals surface area contributed by atoms with Gasteiger partial charge in [0.1, 0.15) is 0 Å². The van der Waals surface area contributed by atoms with Crippen LogP contribution in [0.1, 0.15) is 19.4 Å². The lowest BCUT2D eigenvalue weighted by molar-refractivity contribution is -0.0704. The Morgan fingerprint density at radius 3 is 2.60 bits per heavy atom. The molecule has 1 aromatic heterocycles. The zero-order valence-corrected chi connectivity index (χ0v) is 13.7. The summed E-state index contributed by atoms with van der Waals surface area (Å²) in [5.74, 6) is 0. The van der Waals surface area contributed by atoms with Gasteiger partial charge in [0.25, 0.3) is 0 Å². The second kappa shape index (κ2) is 6.66. The van der Waals surface area contributed by atoms with Gasteiger partial charge in [-0.2, -0.15) is 0 Å². The number of nitrogens with zero attached hydrogens (tertiary/aromatic N) is 2. The Labute approximate surface area is 130 Å². The first-order chi connectivity index (χ1) is 9.22. The van der Waals surface area contributed by atoms with Crippen molar-refractivity contribution in [2.75, 3.05) is 13.1 Å². The number of hydrogen-bond donors (Lipinski definition) is 0. The van der Waals surface area contributed by atoms with E-state index in [4.69, 9.17) is 4.74 Å². The monoisotopic (exact) mass is 336 g/mol. The summed E-state index contributed by atoms with van der Waals surface area (Å²) in [5.41, 5.74) is 2.43. The molecule has 2 heterocycles. The molecule has 0 amide bonds. The molecule has 0 saturated carbocycles. The van der Waals surface area contributed by atoms with Crippen LogP contribution in [0.2, 0.25) is 0 Å². The van der Waals surface area contributed by atoms with Gasteiger partial charge in [-0.15, -0.1) is 17.0 Å². The van der Waals surface area contributed by atoms with Crippen molar-refractivity contribution < 1.29 is 4.74 Å². The molecule has 2 atom stereocenters. The maximum absolute atomic E-state index is 5.78. The number of benzene rings is 1. The van der Waals surface area contributed by atoms with E-state index in [1.165, 1.54) is 10.9 Å². The summed E-state index contributed by atoms with van der Waals surface area (Å²) < 4.78 is 5.78. The van der Waals surface area contributed by atoms with Crippen LogP contribution in [0.15, 0.2) is 36.5 Å². The molecule has 0 N–H and O–H groups in total. The molecule has 0 aliphatic carbocycles. The first-order valence-corrected chi connectivity index (χ1v) is 6.93. The average molecular weight is 337 g/mol. The molecule has 1 aliphatic rings. The minimum atomic E-state index is 0. The Hall–Kier alpha value is -0.970. The molecule has 1 saturated heterocycles. The number of rotatable bonds is 2. The van der Waals surface area contributed by atoms with Gasteiger partial charge >= 0.3 is 0 Å². The van der Waals surface area contributed by atoms with Gasteiger partial charge in [-0.1, -0.05) is 24.3 Å². The van der Waals surface area contributed by atoms with E-state index >= 15 is 0 Å². The predicted octanol–water partition coefficient (Wildman–Crippen LogP) is 3.42. The summed E-state index contributed by atoms with van der Waals surface area (Å²) in [6.07, 6.45) is 2.49. The molecule has 2 unspecified atom stereocenters. The van der Waals surface area contributed by atoms with Crippen LogP contribution in [0.5, 0.6) is 0 Å². The normalized spacial score (nSPS) is 23.5. The minimum Gasteiger partial charge on any atom is -0.373 e. The van der Waals surface area contributed by atoms with E-state index in [0.717, 1.165) is 25.2 Å². The van der Waals surface area contributed by atoms with Crippen LogP contribution >= 0.6 is 17.0 Å². The number of ether oxygens (including phenoxy) is 1. The molecule has 3 rings (SSSR count). The first kappa shape index (κ1) is 15.4. The van der Waals surface area contributed by atoms with E-state index in [9.17, 15) is 0 Å². The number of morpholine rings is 1. The summed E-state index contributed by atoms with van der Waals surface area (Å²) in [4.78, 5) is 6.99. The quantitative estimate of drug-likeness (QED) is 0.840. The van der Waals surface area contributed by atoms with E-state index in [1.807, 2.05) is 12.3 Å². The van der Waals surface area contributed by atoms with Gasteiger partial charge in [-0.05, 0) is 25.5 Å². The second-order valence-corrected chi connectivity index (χ2v) is 5.44. The molecule has 0 bridgehead atoms. The molecule has 1 fully saturated rings. The topological polar surface area (TPSA) is 25.4 Å². The Bertz CT molecular complexity index is 560. The van der Waals surface area contributed by atoms with E-state index in [1.54, 1.807) is 0 Å². The van der Waals surface area contributed by atoms with E-state index in [0.29, 0.717) is 12.2 Å². The van der Waals surface area contributed by atoms with Crippen LogP contribution in [0.25, 0.3) is 10.9 Å². The van der Waals surface area contributed by atoms with Gasteiger partial charge < -0.3 is 4.74 Å². The van der Waals surface area contributed by atoms with Gasteiger partial charge in [0.05, 0.1) is 17.7 Å². The van der Waals surface area contributed by atoms with Crippen LogP contribution < -0.4 is 0 Å². The van der Waals surface area contributed by atoms with Crippen molar-refractivity contribution in [2.24, 2.45) is 0 Å². The zero-order chi connectivity index (χ0) is 13.2. The molecule has 1 aromatic carbocycles. The smallest absolute Gasteiger partial charge is 0.0746 e. The standard InChI is InChI=1S/C16H20N2O.BrH/c1-12-9-18(10-13(2)19-12)11-15-6-3-5-14-7-4-8-17-16(14)15;/h3-8,12-13H,9-11H2,1-2H3;1H. The van der Waals surface area contributed by atoms with Crippen molar-refractivity contribution in [1.82, 2.24) is 9.88 Å². The van der Waals surface area contributed by atoms with Crippen molar-refractivity contribution in [3.05, 3.63) is 42.1 Å². The summed E-state index contributed by atoms with van der Waals surface area (Å²) in [6, 6.07) is 10.5. The van der Waals surface area contributed by atoms with Gasteiger partial charge in [-0.3, -0.25) is 9.88 Å². The highest BCUT2D eigenvalue weighted by Gasteiger charge is 2.22. The van der Waals surface area contributed by atoms with Crippen LogP contribution in [0.3, 0.4) is 0 Å². The van der Waals surface area contributed by atoms with E-state index < -0.39 is 0 Å². The number of hydrogen-bond acceptors (Lipinski definition) is 3. The molecule has 2 aromatic rings. The number of halogens is 1. The number of fused-ring (bicyclic) bond motifs is 1. The van der Waals surface area contributed by atoms with Gasteiger partial charge in [0.15, 0.2) is 0 Å². The maximum atomic E-state index is 5.78. The third kappa shape index (κ3) is 3.37. The number of pyridine rings is 1. The lowest BCUT2D eigenvalue weighted by Crippen LogP contribution is -2.44. The van der Waals surface area contributed by atoms with Crippen molar-refractivity contribution in [2.45, 2.75) is 32.6 Å². The molecule has 1 aliphatic heterocycles. The number of para-hydroxylation sites is 1. The van der Waals surface area contributed by atoms with E-state index in [-0.39, 0.29) is 17.0 Å². The molecule has 20 heavy (non-hydrogen) atoms. The fraction of sp³-hybridized carbons (Fsp3) is 0.438. The summed E-state index contributed by atoms with van der Waals surface area (Å²) in [6.45, 7) is 7.22. The highest BCUT2D eigenvalue weighted by Crippen LogP contribution is 2.20. The fourth-order valence-corrected chi connectivity index (χ4v) is 2.95. The summed E-state index contributed by atoms with van der Waals surface area (Å²) in [5, 5.41) is 1.22. The minimum absolute atomic E-state index is 0. The van der Waals surface area contributed by atoms with Gasteiger partial charge in [-0.25, -0.2) is 0 Å². The lowest BCUT2D eigenvalue weighted by Gasteiger charge is -2.35. The SMILES string of the molecule is Br.CC1CN(Cc2cccc3cccnc23)CC(C)O1. The molecule has 3 nitrogen and oxygen atoms in total. The Kier molecular flexibility index (Phi) is 5.13. The van der Waals surface area contributed by atoms with Crippen LogP contribution in [0, 0.1) is 0 Å². The summed E-state index contributed by atoms with van der Waals surface area (Å²) >= 11 is 0. The third-order valence-electron chi connectivity index (χ3n) is 3.61.